The maximum atomic E-state index is 12.3. The number of hydrogen-bond acceptors (Lipinski definition) is 5. The number of rotatable bonds is 8. The van der Waals surface area contributed by atoms with Crippen molar-refractivity contribution in [1.29, 1.82) is 0 Å². The first-order chi connectivity index (χ1) is 17.3. The van der Waals surface area contributed by atoms with Crippen molar-refractivity contribution in [1.82, 2.24) is 30.0 Å². The lowest BCUT2D eigenvalue weighted by Gasteiger charge is -2.27. The van der Waals surface area contributed by atoms with Crippen molar-refractivity contribution in [2.45, 2.75) is 25.3 Å². The van der Waals surface area contributed by atoms with E-state index in [0.717, 1.165) is 44.2 Å². The fourth-order valence-electron chi connectivity index (χ4n) is 4.71. The molecule has 5 rings (SSSR count). The first-order valence-corrected chi connectivity index (χ1v) is 12.2. The Morgan fingerprint density at radius 2 is 1.63 bits per heavy atom. The van der Waals surface area contributed by atoms with E-state index in [4.69, 9.17) is 0 Å². The normalized spacial score (nSPS) is 13.9. The summed E-state index contributed by atoms with van der Waals surface area (Å²) in [4.78, 5) is 18.8. The van der Waals surface area contributed by atoms with Gasteiger partial charge in [0, 0.05) is 63.9 Å². The molecule has 1 amide bonds. The fraction of sp³-hybridized carbons (Fsp3) is 0.286. The Balaban J connectivity index is 1.22. The van der Waals surface area contributed by atoms with Crippen LogP contribution in [0.5, 0.6) is 0 Å². The van der Waals surface area contributed by atoms with Crippen molar-refractivity contribution in [3.8, 4) is 0 Å². The van der Waals surface area contributed by atoms with Crippen LogP contribution in [0.2, 0.25) is 0 Å². The smallest absolute Gasteiger partial charge is 0.252 e. The maximum absolute atomic E-state index is 12.3. The van der Waals surface area contributed by atoms with Crippen LogP contribution in [0.15, 0.2) is 85.2 Å². The number of nitrogens with zero attached hydrogens (tertiary/aromatic N) is 5. The van der Waals surface area contributed by atoms with E-state index in [-0.39, 0.29) is 5.91 Å². The summed E-state index contributed by atoms with van der Waals surface area (Å²) in [5.74, 6) is 2.16. The summed E-state index contributed by atoms with van der Waals surface area (Å²) in [6.45, 7) is 4.22. The molecule has 0 spiro atoms. The molecular weight excluding hydrogens is 436 g/mol. The number of carbonyl (C=O) groups excluding carboxylic acids is 1. The molecule has 0 radical (unpaired) electrons. The zero-order chi connectivity index (χ0) is 23.9. The van der Waals surface area contributed by atoms with E-state index in [1.165, 1.54) is 11.1 Å². The van der Waals surface area contributed by atoms with E-state index in [9.17, 15) is 4.79 Å². The van der Waals surface area contributed by atoms with Crippen molar-refractivity contribution in [2.24, 2.45) is 0 Å². The molecule has 0 bridgehead atoms. The van der Waals surface area contributed by atoms with Gasteiger partial charge in [0.15, 0.2) is 0 Å². The van der Waals surface area contributed by atoms with Crippen LogP contribution >= 0.6 is 0 Å². The molecule has 7 nitrogen and oxygen atoms in total. The number of amides is 1. The van der Waals surface area contributed by atoms with E-state index in [1.807, 2.05) is 0 Å². The van der Waals surface area contributed by atoms with Gasteiger partial charge in [0.05, 0.1) is 5.56 Å². The first-order valence-electron chi connectivity index (χ1n) is 12.2. The van der Waals surface area contributed by atoms with Crippen molar-refractivity contribution >= 4 is 5.91 Å². The van der Waals surface area contributed by atoms with Crippen LogP contribution in [0, 0.1) is 0 Å². The van der Waals surface area contributed by atoms with Crippen molar-refractivity contribution in [3.63, 3.8) is 0 Å². The van der Waals surface area contributed by atoms with Gasteiger partial charge in [-0.15, -0.1) is 10.2 Å². The van der Waals surface area contributed by atoms with Crippen LogP contribution in [-0.4, -0.2) is 56.7 Å². The van der Waals surface area contributed by atoms with Crippen molar-refractivity contribution in [2.75, 3.05) is 26.2 Å². The van der Waals surface area contributed by atoms with Crippen LogP contribution < -0.4 is 5.32 Å². The molecule has 0 saturated heterocycles. The van der Waals surface area contributed by atoms with Crippen molar-refractivity contribution < 1.29 is 4.79 Å². The van der Waals surface area contributed by atoms with E-state index in [2.05, 4.69) is 90.6 Å². The van der Waals surface area contributed by atoms with Crippen LogP contribution in [0.25, 0.3) is 0 Å². The highest BCUT2D eigenvalue weighted by Crippen LogP contribution is 2.26. The molecule has 178 valence electrons. The largest absolute Gasteiger partial charge is 0.352 e. The van der Waals surface area contributed by atoms with Crippen LogP contribution in [0.4, 0.5) is 0 Å². The molecule has 0 aliphatic carbocycles. The lowest BCUT2D eigenvalue weighted by molar-refractivity contribution is 0.0953. The molecule has 0 atom stereocenters. The summed E-state index contributed by atoms with van der Waals surface area (Å²) < 4.78 is 2.23. The standard InChI is InChI=1S/C28H30N6O/c35-28(24-12-7-15-29-20-24)30-16-13-26-31-32-27-14-17-33(18-19-34(26)27)21-25(22-8-3-1-4-9-22)23-10-5-2-6-11-23/h1-12,15,20,25H,13-14,16-19,21H2,(H,30,35). The van der Waals surface area contributed by atoms with Crippen LogP contribution in [0.3, 0.4) is 0 Å². The highest BCUT2D eigenvalue weighted by atomic mass is 16.1. The Kier molecular flexibility index (Phi) is 7.24. The van der Waals surface area contributed by atoms with Gasteiger partial charge in [0.25, 0.3) is 5.91 Å². The molecule has 1 aliphatic heterocycles. The number of pyridine rings is 1. The Hall–Kier alpha value is -3.84. The number of fused-ring (bicyclic) bond motifs is 1. The molecule has 1 N–H and O–H groups in total. The summed E-state index contributed by atoms with van der Waals surface area (Å²) in [6, 6.07) is 25.0. The average molecular weight is 467 g/mol. The van der Waals surface area contributed by atoms with Gasteiger partial charge in [-0.05, 0) is 23.3 Å². The Morgan fingerprint density at radius 3 is 2.31 bits per heavy atom. The number of hydrogen-bond donors (Lipinski definition) is 1. The molecule has 1 aliphatic rings. The minimum atomic E-state index is -0.118. The van der Waals surface area contributed by atoms with Gasteiger partial charge in [0.1, 0.15) is 11.6 Å². The molecule has 35 heavy (non-hydrogen) atoms. The SMILES string of the molecule is O=C(NCCc1nnc2n1CCN(CC(c1ccccc1)c1ccccc1)CC2)c1cccnc1. The topological polar surface area (TPSA) is 75.9 Å². The van der Waals surface area contributed by atoms with Gasteiger partial charge in [-0.25, -0.2) is 0 Å². The lowest BCUT2D eigenvalue weighted by Crippen LogP contribution is -2.32. The predicted molar refractivity (Wildman–Crippen MR) is 135 cm³/mol. The third-order valence-corrected chi connectivity index (χ3v) is 6.60. The lowest BCUT2D eigenvalue weighted by atomic mass is 9.90. The minimum Gasteiger partial charge on any atom is -0.352 e. The second kappa shape index (κ2) is 11.1. The highest BCUT2D eigenvalue weighted by Gasteiger charge is 2.22. The monoisotopic (exact) mass is 466 g/mol. The van der Waals surface area contributed by atoms with Gasteiger partial charge >= 0.3 is 0 Å². The molecule has 2 aromatic heterocycles. The molecule has 0 saturated carbocycles. The van der Waals surface area contributed by atoms with E-state index in [0.29, 0.717) is 24.4 Å². The third-order valence-electron chi connectivity index (χ3n) is 6.60. The van der Waals surface area contributed by atoms with Gasteiger partial charge in [-0.1, -0.05) is 60.7 Å². The molecule has 0 unspecified atom stereocenters. The summed E-state index contributed by atoms with van der Waals surface area (Å²) in [6.07, 6.45) is 4.75. The van der Waals surface area contributed by atoms with E-state index in [1.54, 1.807) is 24.5 Å². The number of aromatic nitrogens is 4. The average Bonchev–Trinajstić information content (AvgIpc) is 3.19. The Morgan fingerprint density at radius 1 is 0.886 bits per heavy atom. The number of nitrogens with one attached hydrogen (secondary N) is 1. The maximum Gasteiger partial charge on any atom is 0.252 e. The molecule has 7 heteroatoms. The molecular formula is C28H30N6O. The summed E-state index contributed by atoms with van der Waals surface area (Å²) in [7, 11) is 0. The minimum absolute atomic E-state index is 0.118. The van der Waals surface area contributed by atoms with Crippen LogP contribution in [0.1, 0.15) is 39.1 Å². The number of carbonyl (C=O) groups is 1. The van der Waals surface area contributed by atoms with Gasteiger partial charge < -0.3 is 14.8 Å². The zero-order valence-electron chi connectivity index (χ0n) is 19.8. The quantitative estimate of drug-likeness (QED) is 0.431. The first kappa shape index (κ1) is 22.9. The Bertz CT molecular complexity index is 1190. The molecule has 2 aromatic carbocycles. The zero-order valence-corrected chi connectivity index (χ0v) is 19.8. The summed E-state index contributed by atoms with van der Waals surface area (Å²) in [5, 5.41) is 11.8. The highest BCUT2D eigenvalue weighted by molar-refractivity contribution is 5.93. The molecule has 3 heterocycles. The Labute approximate surface area is 205 Å². The van der Waals surface area contributed by atoms with E-state index < -0.39 is 0 Å². The predicted octanol–water partition coefficient (Wildman–Crippen LogP) is 3.34. The second-order valence-corrected chi connectivity index (χ2v) is 8.86. The summed E-state index contributed by atoms with van der Waals surface area (Å²) in [5.41, 5.74) is 3.24. The summed E-state index contributed by atoms with van der Waals surface area (Å²) >= 11 is 0. The number of benzene rings is 2. The molecule has 0 fully saturated rings. The van der Waals surface area contributed by atoms with E-state index >= 15 is 0 Å². The fourth-order valence-corrected chi connectivity index (χ4v) is 4.71. The third kappa shape index (κ3) is 5.63. The molecule has 4 aromatic rings. The van der Waals surface area contributed by atoms with Gasteiger partial charge in [-0.3, -0.25) is 9.78 Å². The van der Waals surface area contributed by atoms with Crippen LogP contribution in [-0.2, 0) is 19.4 Å². The van der Waals surface area contributed by atoms with Gasteiger partial charge in [-0.2, -0.15) is 0 Å². The van der Waals surface area contributed by atoms with Gasteiger partial charge in [0.2, 0.25) is 0 Å². The second-order valence-electron chi connectivity index (χ2n) is 8.86. The van der Waals surface area contributed by atoms with Crippen molar-refractivity contribution in [3.05, 3.63) is 114 Å².